The number of hydrogen-bond donors (Lipinski definition) is 2. The van der Waals surface area contributed by atoms with E-state index in [1.807, 2.05) is 12.1 Å². The molecule has 4 nitrogen and oxygen atoms in total. The zero-order valence-corrected chi connectivity index (χ0v) is 14.5. The summed E-state index contributed by atoms with van der Waals surface area (Å²) in [4.78, 5) is 23.9. The van der Waals surface area contributed by atoms with Gasteiger partial charge in [0, 0.05) is 9.49 Å². The lowest BCUT2D eigenvalue weighted by molar-refractivity contribution is -0.120. The molecule has 2 aromatic carbocycles. The van der Waals surface area contributed by atoms with Crippen LogP contribution in [0.2, 0.25) is 0 Å². The van der Waals surface area contributed by atoms with Gasteiger partial charge in [-0.25, -0.2) is 4.79 Å². The van der Waals surface area contributed by atoms with E-state index in [4.69, 9.17) is 0 Å². The molecule has 0 bridgehead atoms. The minimum Gasteiger partial charge on any atom is -0.478 e. The van der Waals surface area contributed by atoms with Crippen molar-refractivity contribution < 1.29 is 14.7 Å². The molecule has 118 valence electrons. The van der Waals surface area contributed by atoms with Gasteiger partial charge >= 0.3 is 5.97 Å². The first kappa shape index (κ1) is 16.0. The molecule has 0 spiro atoms. The number of carboxylic acids is 1. The predicted molar refractivity (Wildman–Crippen MR) is 96.7 cm³/mol. The highest BCUT2D eigenvalue weighted by atomic mass is 127. The summed E-state index contributed by atoms with van der Waals surface area (Å²) in [5.41, 5.74) is 3.00. The van der Waals surface area contributed by atoms with Crippen LogP contribution in [0.1, 0.15) is 27.9 Å². The molecule has 0 heterocycles. The molecule has 0 saturated carbocycles. The third-order valence-corrected chi connectivity index (χ3v) is 4.86. The van der Waals surface area contributed by atoms with Crippen LogP contribution in [0.3, 0.4) is 0 Å². The number of benzene rings is 2. The molecule has 1 unspecified atom stereocenters. The highest BCUT2D eigenvalue weighted by Gasteiger charge is 2.25. The average Bonchev–Trinajstić information content (AvgIpc) is 2.55. The van der Waals surface area contributed by atoms with Gasteiger partial charge in [-0.2, -0.15) is 0 Å². The molecule has 0 fully saturated rings. The first-order valence-corrected chi connectivity index (χ1v) is 8.53. The Bertz CT molecular complexity index is 773. The number of nitrogens with one attached hydrogen (secondary N) is 1. The fourth-order valence-electron chi connectivity index (χ4n) is 2.96. The highest BCUT2D eigenvalue weighted by Crippen LogP contribution is 2.27. The number of halogens is 1. The van der Waals surface area contributed by atoms with Gasteiger partial charge in [0.2, 0.25) is 5.91 Å². The van der Waals surface area contributed by atoms with Crippen molar-refractivity contribution in [1.29, 1.82) is 0 Å². The number of anilines is 1. The Kier molecular flexibility index (Phi) is 4.66. The lowest BCUT2D eigenvalue weighted by Crippen LogP contribution is -2.28. The van der Waals surface area contributed by atoms with Crippen molar-refractivity contribution in [3.63, 3.8) is 0 Å². The Balaban J connectivity index is 1.77. The molecule has 2 N–H and O–H groups in total. The maximum absolute atomic E-state index is 12.5. The number of carbonyl (C=O) groups is 2. The molecule has 2 aromatic rings. The van der Waals surface area contributed by atoms with Crippen LogP contribution >= 0.6 is 22.6 Å². The van der Waals surface area contributed by atoms with Crippen LogP contribution in [0.25, 0.3) is 0 Å². The van der Waals surface area contributed by atoms with Crippen molar-refractivity contribution in [3.05, 3.63) is 62.7 Å². The number of amides is 1. The summed E-state index contributed by atoms with van der Waals surface area (Å²) in [6, 6.07) is 13.2. The smallest absolute Gasteiger partial charge is 0.337 e. The molecule has 23 heavy (non-hydrogen) atoms. The lowest BCUT2D eigenvalue weighted by atomic mass is 9.83. The molecule has 0 aliphatic heterocycles. The van der Waals surface area contributed by atoms with Crippen molar-refractivity contribution in [3.8, 4) is 0 Å². The van der Waals surface area contributed by atoms with Crippen LogP contribution in [0.4, 0.5) is 5.69 Å². The molecular formula is C18H16INO3. The van der Waals surface area contributed by atoms with Gasteiger partial charge in [-0.3, -0.25) is 4.79 Å². The van der Waals surface area contributed by atoms with Gasteiger partial charge in [0.25, 0.3) is 0 Å². The van der Waals surface area contributed by atoms with E-state index in [-0.39, 0.29) is 17.4 Å². The van der Waals surface area contributed by atoms with Crippen LogP contribution in [0, 0.1) is 9.49 Å². The standard InChI is InChI=1S/C18H16INO3/c19-14-7-8-16(15(10-14)18(22)23)20-17(21)13-6-5-11-3-1-2-4-12(11)9-13/h1-4,7-8,10,13H,5-6,9H2,(H,20,21)(H,22,23). The Morgan fingerprint density at radius 3 is 2.61 bits per heavy atom. The Morgan fingerprint density at radius 2 is 1.87 bits per heavy atom. The number of hydrogen-bond acceptors (Lipinski definition) is 2. The second-order valence-corrected chi connectivity index (χ2v) is 6.94. The monoisotopic (exact) mass is 421 g/mol. The third-order valence-electron chi connectivity index (χ3n) is 4.19. The number of carboxylic acid groups (broad SMARTS) is 1. The van der Waals surface area contributed by atoms with Crippen LogP contribution in [0.5, 0.6) is 0 Å². The van der Waals surface area contributed by atoms with E-state index in [1.54, 1.807) is 18.2 Å². The normalized spacial score (nSPS) is 16.5. The number of rotatable bonds is 3. The largest absolute Gasteiger partial charge is 0.478 e. The topological polar surface area (TPSA) is 66.4 Å². The summed E-state index contributed by atoms with van der Waals surface area (Å²) in [6.07, 6.45) is 2.37. The number of carbonyl (C=O) groups excluding carboxylic acids is 1. The third kappa shape index (κ3) is 3.55. The van der Waals surface area contributed by atoms with Gasteiger partial charge < -0.3 is 10.4 Å². The van der Waals surface area contributed by atoms with Gasteiger partial charge in [0.05, 0.1) is 11.3 Å². The molecule has 0 saturated heterocycles. The fourth-order valence-corrected chi connectivity index (χ4v) is 3.45. The van der Waals surface area contributed by atoms with Crippen LogP contribution in [0.15, 0.2) is 42.5 Å². The quantitative estimate of drug-likeness (QED) is 0.743. The van der Waals surface area contributed by atoms with E-state index in [2.05, 4.69) is 40.0 Å². The highest BCUT2D eigenvalue weighted by molar-refractivity contribution is 14.1. The predicted octanol–water partition coefficient (Wildman–Crippen LogP) is 3.73. The summed E-state index contributed by atoms with van der Waals surface area (Å²) < 4.78 is 0.824. The van der Waals surface area contributed by atoms with Crippen molar-refractivity contribution in [1.82, 2.24) is 0 Å². The van der Waals surface area contributed by atoms with Crippen molar-refractivity contribution in [2.24, 2.45) is 5.92 Å². The molecule has 1 atom stereocenters. The van der Waals surface area contributed by atoms with Crippen LogP contribution in [-0.4, -0.2) is 17.0 Å². The molecule has 3 rings (SSSR count). The second-order valence-electron chi connectivity index (χ2n) is 5.69. The van der Waals surface area contributed by atoms with Gasteiger partial charge in [0.1, 0.15) is 0 Å². The molecule has 0 aromatic heterocycles. The number of fused-ring (bicyclic) bond motifs is 1. The molecule has 1 aliphatic carbocycles. The van der Waals surface area contributed by atoms with E-state index < -0.39 is 5.97 Å². The van der Waals surface area contributed by atoms with Crippen molar-refractivity contribution in [2.75, 3.05) is 5.32 Å². The molecule has 1 amide bonds. The summed E-state index contributed by atoms with van der Waals surface area (Å²) in [5.74, 6) is -1.26. The van der Waals surface area contributed by atoms with Gasteiger partial charge in [-0.05, 0) is 71.2 Å². The van der Waals surface area contributed by atoms with Crippen molar-refractivity contribution in [2.45, 2.75) is 19.3 Å². The first-order valence-electron chi connectivity index (χ1n) is 7.45. The van der Waals surface area contributed by atoms with Gasteiger partial charge in [0.15, 0.2) is 0 Å². The van der Waals surface area contributed by atoms with Crippen molar-refractivity contribution >= 4 is 40.2 Å². The molecule has 1 aliphatic rings. The number of aromatic carboxylic acids is 1. The Labute approximate surface area is 148 Å². The van der Waals surface area contributed by atoms with E-state index in [0.717, 1.165) is 16.4 Å². The minimum atomic E-state index is -1.03. The Hall–Kier alpha value is -1.89. The minimum absolute atomic E-state index is 0.108. The molecule has 0 radical (unpaired) electrons. The van der Waals surface area contributed by atoms with E-state index in [0.29, 0.717) is 12.1 Å². The number of aryl methyl sites for hydroxylation is 1. The summed E-state index contributed by atoms with van der Waals surface area (Å²) >= 11 is 2.06. The van der Waals surface area contributed by atoms with Crippen LogP contribution in [-0.2, 0) is 17.6 Å². The SMILES string of the molecule is O=C(O)c1cc(I)ccc1NC(=O)C1CCc2ccccc2C1. The van der Waals surface area contributed by atoms with Gasteiger partial charge in [-0.15, -0.1) is 0 Å². The molecule has 5 heteroatoms. The average molecular weight is 421 g/mol. The van der Waals surface area contributed by atoms with E-state index in [9.17, 15) is 14.7 Å². The summed E-state index contributed by atoms with van der Waals surface area (Å²) in [5, 5.41) is 12.1. The second kappa shape index (κ2) is 6.70. The van der Waals surface area contributed by atoms with E-state index >= 15 is 0 Å². The fraction of sp³-hybridized carbons (Fsp3) is 0.222. The zero-order valence-electron chi connectivity index (χ0n) is 12.4. The zero-order chi connectivity index (χ0) is 16.4. The maximum Gasteiger partial charge on any atom is 0.337 e. The summed E-state index contributed by atoms with van der Waals surface area (Å²) in [6.45, 7) is 0. The molecular weight excluding hydrogens is 405 g/mol. The first-order chi connectivity index (χ1) is 11.0. The summed E-state index contributed by atoms with van der Waals surface area (Å²) in [7, 11) is 0. The Morgan fingerprint density at radius 1 is 1.13 bits per heavy atom. The van der Waals surface area contributed by atoms with Gasteiger partial charge in [-0.1, -0.05) is 24.3 Å². The van der Waals surface area contributed by atoms with E-state index in [1.165, 1.54) is 11.1 Å². The maximum atomic E-state index is 12.5. The van der Waals surface area contributed by atoms with Crippen LogP contribution < -0.4 is 5.32 Å². The lowest BCUT2D eigenvalue weighted by Gasteiger charge is -2.24.